The standard InChI is InChI=1S/C12H22N4O2S.ClH/c1-9(11-5-4-6-13-7-11)15-19(17,18)12-8-16(3)10(2)14-12;/h8-9,11,13,15H,4-7H2,1-3H3;1H. The van der Waals surface area contributed by atoms with Gasteiger partial charge < -0.3 is 9.88 Å². The van der Waals surface area contributed by atoms with Crippen LogP contribution in [0.15, 0.2) is 11.2 Å². The van der Waals surface area contributed by atoms with Gasteiger partial charge in [-0.1, -0.05) is 0 Å². The van der Waals surface area contributed by atoms with Gasteiger partial charge in [0.25, 0.3) is 10.0 Å². The first kappa shape index (κ1) is 17.4. The molecule has 6 nitrogen and oxygen atoms in total. The second-order valence-electron chi connectivity index (χ2n) is 5.25. The molecule has 0 bridgehead atoms. The molecule has 0 radical (unpaired) electrons. The van der Waals surface area contributed by atoms with Crippen molar-refractivity contribution in [1.82, 2.24) is 19.6 Å². The predicted molar refractivity (Wildman–Crippen MR) is 80.6 cm³/mol. The zero-order valence-corrected chi connectivity index (χ0v) is 13.7. The Morgan fingerprint density at radius 1 is 1.55 bits per heavy atom. The smallest absolute Gasteiger partial charge is 0.259 e. The van der Waals surface area contributed by atoms with Gasteiger partial charge in [-0.15, -0.1) is 12.4 Å². The van der Waals surface area contributed by atoms with Crippen LogP contribution in [0.2, 0.25) is 0 Å². The van der Waals surface area contributed by atoms with Crippen LogP contribution in [0.3, 0.4) is 0 Å². The molecule has 0 saturated carbocycles. The largest absolute Gasteiger partial charge is 0.337 e. The molecule has 1 saturated heterocycles. The molecule has 1 aliphatic heterocycles. The van der Waals surface area contributed by atoms with Crippen LogP contribution in [0.4, 0.5) is 0 Å². The quantitative estimate of drug-likeness (QED) is 0.860. The summed E-state index contributed by atoms with van der Waals surface area (Å²) in [4.78, 5) is 4.08. The van der Waals surface area contributed by atoms with Crippen LogP contribution in [0.25, 0.3) is 0 Å². The fraction of sp³-hybridized carbons (Fsp3) is 0.750. The molecule has 1 fully saturated rings. The normalized spacial score (nSPS) is 21.2. The summed E-state index contributed by atoms with van der Waals surface area (Å²) in [7, 11) is -1.73. The number of hydrogen-bond donors (Lipinski definition) is 2. The molecule has 1 aromatic heterocycles. The Morgan fingerprint density at radius 2 is 2.25 bits per heavy atom. The summed E-state index contributed by atoms with van der Waals surface area (Å²) in [5.41, 5.74) is 0. The van der Waals surface area contributed by atoms with Gasteiger partial charge in [0.15, 0.2) is 5.03 Å². The molecule has 0 amide bonds. The summed E-state index contributed by atoms with van der Waals surface area (Å²) in [6.07, 6.45) is 3.70. The molecule has 1 aromatic rings. The van der Waals surface area contributed by atoms with Crippen molar-refractivity contribution in [2.24, 2.45) is 13.0 Å². The minimum Gasteiger partial charge on any atom is -0.337 e. The highest BCUT2D eigenvalue weighted by atomic mass is 35.5. The van der Waals surface area contributed by atoms with E-state index in [1.54, 1.807) is 24.7 Å². The van der Waals surface area contributed by atoms with Crippen molar-refractivity contribution >= 4 is 22.4 Å². The van der Waals surface area contributed by atoms with Crippen molar-refractivity contribution in [3.63, 3.8) is 0 Å². The van der Waals surface area contributed by atoms with E-state index in [0.717, 1.165) is 25.9 Å². The number of rotatable bonds is 4. The molecular formula is C12H23ClN4O2S. The average Bonchev–Trinajstić information content (AvgIpc) is 2.71. The highest BCUT2D eigenvalue weighted by Gasteiger charge is 2.26. The summed E-state index contributed by atoms with van der Waals surface area (Å²) >= 11 is 0. The lowest BCUT2D eigenvalue weighted by Gasteiger charge is -2.28. The number of aryl methyl sites for hydroxylation is 2. The third-order valence-electron chi connectivity index (χ3n) is 3.75. The van der Waals surface area contributed by atoms with Gasteiger partial charge in [0.1, 0.15) is 5.82 Å². The molecule has 1 aliphatic rings. The van der Waals surface area contributed by atoms with Gasteiger partial charge in [-0.05, 0) is 45.7 Å². The number of imidazole rings is 1. The van der Waals surface area contributed by atoms with Crippen molar-refractivity contribution < 1.29 is 8.42 Å². The molecular weight excluding hydrogens is 300 g/mol. The Labute approximate surface area is 126 Å². The monoisotopic (exact) mass is 322 g/mol. The molecule has 2 rings (SSSR count). The van der Waals surface area contributed by atoms with Gasteiger partial charge in [0.2, 0.25) is 0 Å². The number of piperidine rings is 1. The third kappa shape index (κ3) is 3.94. The number of halogens is 1. The maximum atomic E-state index is 12.2. The number of aromatic nitrogens is 2. The lowest BCUT2D eigenvalue weighted by atomic mass is 9.94. The SMILES string of the molecule is Cc1nc(S(=O)(=O)NC(C)C2CCCNC2)cn1C.Cl. The van der Waals surface area contributed by atoms with E-state index in [4.69, 9.17) is 0 Å². The number of sulfonamides is 1. The lowest BCUT2D eigenvalue weighted by molar-refractivity contribution is 0.320. The van der Waals surface area contributed by atoms with E-state index < -0.39 is 10.0 Å². The third-order valence-corrected chi connectivity index (χ3v) is 5.17. The average molecular weight is 323 g/mol. The van der Waals surface area contributed by atoms with E-state index in [0.29, 0.717) is 11.7 Å². The Balaban J connectivity index is 0.00000200. The Morgan fingerprint density at radius 3 is 2.75 bits per heavy atom. The van der Waals surface area contributed by atoms with E-state index in [1.165, 1.54) is 0 Å². The van der Waals surface area contributed by atoms with Crippen LogP contribution in [0.1, 0.15) is 25.6 Å². The first-order chi connectivity index (χ1) is 8.90. The molecule has 20 heavy (non-hydrogen) atoms. The first-order valence-electron chi connectivity index (χ1n) is 6.63. The first-order valence-corrected chi connectivity index (χ1v) is 8.11. The summed E-state index contributed by atoms with van der Waals surface area (Å²) in [6.45, 7) is 5.60. The summed E-state index contributed by atoms with van der Waals surface area (Å²) in [5, 5.41) is 3.40. The molecule has 2 atom stereocenters. The molecule has 2 heterocycles. The zero-order valence-electron chi connectivity index (χ0n) is 12.1. The molecule has 2 N–H and O–H groups in total. The minimum atomic E-state index is -3.52. The van der Waals surface area contributed by atoms with Crippen molar-refractivity contribution in [2.45, 2.75) is 37.8 Å². The highest BCUT2D eigenvalue weighted by molar-refractivity contribution is 7.89. The lowest BCUT2D eigenvalue weighted by Crippen LogP contribution is -2.44. The van der Waals surface area contributed by atoms with Crippen LogP contribution in [0.5, 0.6) is 0 Å². The maximum Gasteiger partial charge on any atom is 0.259 e. The number of hydrogen-bond acceptors (Lipinski definition) is 4. The van der Waals surface area contributed by atoms with E-state index in [9.17, 15) is 8.42 Å². The van der Waals surface area contributed by atoms with Crippen LogP contribution in [0, 0.1) is 12.8 Å². The Bertz CT molecular complexity index is 518. The zero-order chi connectivity index (χ0) is 14.0. The highest BCUT2D eigenvalue weighted by Crippen LogP contribution is 2.16. The van der Waals surface area contributed by atoms with E-state index >= 15 is 0 Å². The number of nitrogens with one attached hydrogen (secondary N) is 2. The number of nitrogens with zero attached hydrogens (tertiary/aromatic N) is 2. The van der Waals surface area contributed by atoms with Gasteiger partial charge in [-0.25, -0.2) is 18.1 Å². The van der Waals surface area contributed by atoms with Crippen LogP contribution < -0.4 is 10.0 Å². The Hall–Kier alpha value is -0.630. The van der Waals surface area contributed by atoms with Crippen LogP contribution >= 0.6 is 12.4 Å². The van der Waals surface area contributed by atoms with Crippen molar-refractivity contribution in [3.05, 3.63) is 12.0 Å². The van der Waals surface area contributed by atoms with Crippen LogP contribution in [-0.2, 0) is 17.1 Å². The van der Waals surface area contributed by atoms with Crippen molar-refractivity contribution in [1.29, 1.82) is 0 Å². The molecule has 2 unspecified atom stereocenters. The van der Waals surface area contributed by atoms with E-state index in [-0.39, 0.29) is 23.5 Å². The summed E-state index contributed by atoms with van der Waals surface area (Å²) in [6, 6.07) is -0.0832. The molecule has 0 aromatic carbocycles. The fourth-order valence-electron chi connectivity index (χ4n) is 2.36. The van der Waals surface area contributed by atoms with Gasteiger partial charge in [-0.3, -0.25) is 0 Å². The molecule has 116 valence electrons. The van der Waals surface area contributed by atoms with Gasteiger partial charge in [0, 0.05) is 19.3 Å². The minimum absolute atomic E-state index is 0. The summed E-state index contributed by atoms with van der Waals surface area (Å²) < 4.78 is 28.9. The van der Waals surface area contributed by atoms with E-state index in [1.807, 2.05) is 6.92 Å². The second-order valence-corrected chi connectivity index (χ2v) is 6.91. The van der Waals surface area contributed by atoms with Crippen molar-refractivity contribution in [2.75, 3.05) is 13.1 Å². The van der Waals surface area contributed by atoms with E-state index in [2.05, 4.69) is 15.0 Å². The predicted octanol–water partition coefficient (Wildman–Crippen LogP) is 0.817. The topological polar surface area (TPSA) is 76.0 Å². The molecule has 0 spiro atoms. The van der Waals surface area contributed by atoms with Gasteiger partial charge >= 0.3 is 0 Å². The molecule has 0 aliphatic carbocycles. The Kier molecular flexibility index (Phi) is 6.00. The molecule has 8 heteroatoms. The summed E-state index contributed by atoms with van der Waals surface area (Å²) in [5.74, 6) is 1.03. The maximum absolute atomic E-state index is 12.2. The van der Waals surface area contributed by atoms with Gasteiger partial charge in [-0.2, -0.15) is 0 Å². The van der Waals surface area contributed by atoms with Crippen LogP contribution in [-0.4, -0.2) is 37.1 Å². The second kappa shape index (κ2) is 6.89. The fourth-order valence-corrected chi connectivity index (χ4v) is 3.71. The van der Waals surface area contributed by atoms with Gasteiger partial charge in [0.05, 0.1) is 0 Å². The van der Waals surface area contributed by atoms with Crippen molar-refractivity contribution in [3.8, 4) is 0 Å².